The fourth-order valence-corrected chi connectivity index (χ4v) is 5.33. The summed E-state index contributed by atoms with van der Waals surface area (Å²) in [7, 11) is 4.69. The van der Waals surface area contributed by atoms with E-state index in [4.69, 9.17) is 14.2 Å². The van der Waals surface area contributed by atoms with Gasteiger partial charge in [0.25, 0.3) is 0 Å². The van der Waals surface area contributed by atoms with Crippen molar-refractivity contribution in [3.8, 4) is 17.2 Å². The molecule has 2 amide bonds. The van der Waals surface area contributed by atoms with Crippen LogP contribution in [-0.2, 0) is 9.59 Å². The van der Waals surface area contributed by atoms with Crippen LogP contribution >= 0.6 is 11.8 Å². The monoisotopic (exact) mass is 492 g/mol. The van der Waals surface area contributed by atoms with Gasteiger partial charge in [-0.25, -0.2) is 0 Å². The molecule has 0 aliphatic carbocycles. The second kappa shape index (κ2) is 10.7. The average molecular weight is 493 g/mol. The van der Waals surface area contributed by atoms with Crippen LogP contribution in [0.1, 0.15) is 22.8 Å². The molecule has 3 aromatic carbocycles. The fraction of sp³-hybridized carbons (Fsp3) is 0.259. The minimum absolute atomic E-state index is 0.0767. The number of fused-ring (bicyclic) bond motifs is 1. The minimum Gasteiger partial charge on any atom is -0.493 e. The van der Waals surface area contributed by atoms with Gasteiger partial charge in [0.15, 0.2) is 11.5 Å². The summed E-state index contributed by atoms with van der Waals surface area (Å²) >= 11 is 1.58. The number of carbonyl (C=O) groups excluding carboxylic acids is 2. The van der Waals surface area contributed by atoms with Crippen molar-refractivity contribution in [3.05, 3.63) is 71.8 Å². The van der Waals surface area contributed by atoms with Gasteiger partial charge in [0.05, 0.1) is 27.0 Å². The highest BCUT2D eigenvalue weighted by Gasteiger charge is 2.31. The number of para-hydroxylation sites is 2. The summed E-state index contributed by atoms with van der Waals surface area (Å²) in [6.07, 6.45) is 0.204. The summed E-state index contributed by atoms with van der Waals surface area (Å²) in [6.45, 7) is 1.85. The number of benzene rings is 3. The predicted molar refractivity (Wildman–Crippen MR) is 138 cm³/mol. The van der Waals surface area contributed by atoms with Crippen LogP contribution in [0.25, 0.3) is 0 Å². The number of nitrogens with one attached hydrogen (secondary N) is 1. The molecule has 1 heterocycles. The fourth-order valence-electron chi connectivity index (χ4n) is 4.07. The molecule has 4 rings (SSSR count). The molecular formula is C27H28N2O5S. The van der Waals surface area contributed by atoms with Crippen LogP contribution in [0.15, 0.2) is 65.6 Å². The van der Waals surface area contributed by atoms with Crippen LogP contribution in [0.5, 0.6) is 17.2 Å². The van der Waals surface area contributed by atoms with E-state index in [1.807, 2.05) is 67.6 Å². The Morgan fingerprint density at radius 2 is 1.66 bits per heavy atom. The first-order valence-electron chi connectivity index (χ1n) is 11.2. The number of hydrogen-bond donors (Lipinski definition) is 1. The molecule has 182 valence electrons. The molecule has 0 saturated heterocycles. The number of rotatable bonds is 7. The summed E-state index contributed by atoms with van der Waals surface area (Å²) < 4.78 is 16.5. The van der Waals surface area contributed by atoms with Crippen molar-refractivity contribution in [2.75, 3.05) is 38.1 Å². The third-order valence-corrected chi connectivity index (χ3v) is 7.19. The number of nitrogens with zero attached hydrogens (tertiary/aromatic N) is 1. The molecular weight excluding hydrogens is 464 g/mol. The SMILES string of the molecule is COc1cc(C2CC(=O)N(CC(=O)Nc3ccccc3C)c3ccccc3S2)cc(OC)c1OC. The van der Waals surface area contributed by atoms with Crippen molar-refractivity contribution in [2.24, 2.45) is 0 Å². The van der Waals surface area contributed by atoms with Gasteiger partial charge in [0, 0.05) is 22.3 Å². The van der Waals surface area contributed by atoms with Gasteiger partial charge in [-0.3, -0.25) is 9.59 Å². The number of methoxy groups -OCH3 is 3. The maximum absolute atomic E-state index is 13.5. The lowest BCUT2D eigenvalue weighted by atomic mass is 10.1. The second-order valence-electron chi connectivity index (χ2n) is 8.08. The number of anilines is 2. The smallest absolute Gasteiger partial charge is 0.244 e. The zero-order chi connectivity index (χ0) is 24.9. The van der Waals surface area contributed by atoms with Gasteiger partial charge >= 0.3 is 0 Å². The molecule has 8 heteroatoms. The van der Waals surface area contributed by atoms with Crippen LogP contribution in [-0.4, -0.2) is 39.7 Å². The summed E-state index contributed by atoms with van der Waals surface area (Å²) in [5.41, 5.74) is 3.29. The van der Waals surface area contributed by atoms with Crippen molar-refractivity contribution in [2.45, 2.75) is 23.5 Å². The first-order valence-corrected chi connectivity index (χ1v) is 12.0. The van der Waals surface area contributed by atoms with Gasteiger partial charge in [-0.1, -0.05) is 30.3 Å². The lowest BCUT2D eigenvalue weighted by Gasteiger charge is -2.22. The number of amides is 2. The zero-order valence-electron chi connectivity index (χ0n) is 20.2. The van der Waals surface area contributed by atoms with Crippen LogP contribution in [0, 0.1) is 6.92 Å². The van der Waals surface area contributed by atoms with E-state index < -0.39 is 0 Å². The molecule has 1 aliphatic heterocycles. The van der Waals surface area contributed by atoms with Gasteiger partial charge in [-0.15, -0.1) is 11.8 Å². The minimum atomic E-state index is -0.251. The van der Waals surface area contributed by atoms with Crippen LogP contribution < -0.4 is 24.4 Å². The van der Waals surface area contributed by atoms with Crippen LogP contribution in [0.4, 0.5) is 11.4 Å². The Labute approximate surface area is 209 Å². The van der Waals surface area contributed by atoms with E-state index in [9.17, 15) is 9.59 Å². The highest BCUT2D eigenvalue weighted by atomic mass is 32.2. The topological polar surface area (TPSA) is 77.1 Å². The molecule has 0 fully saturated rings. The lowest BCUT2D eigenvalue weighted by molar-refractivity contribution is -0.121. The second-order valence-corrected chi connectivity index (χ2v) is 9.32. The molecule has 1 aliphatic rings. The van der Waals surface area contributed by atoms with Gasteiger partial charge in [-0.05, 0) is 48.4 Å². The van der Waals surface area contributed by atoms with E-state index in [2.05, 4.69) is 5.32 Å². The Bertz CT molecular complexity index is 1220. The van der Waals surface area contributed by atoms with Gasteiger partial charge in [-0.2, -0.15) is 0 Å². The largest absolute Gasteiger partial charge is 0.493 e. The van der Waals surface area contributed by atoms with Crippen LogP contribution in [0.3, 0.4) is 0 Å². The quantitative estimate of drug-likeness (QED) is 0.487. The molecule has 0 spiro atoms. The third kappa shape index (κ3) is 5.22. The Kier molecular flexibility index (Phi) is 7.51. The normalized spacial score (nSPS) is 15.1. The van der Waals surface area contributed by atoms with Gasteiger partial charge in [0.1, 0.15) is 6.54 Å². The van der Waals surface area contributed by atoms with E-state index >= 15 is 0 Å². The zero-order valence-corrected chi connectivity index (χ0v) is 21.0. The number of aryl methyl sites for hydroxylation is 1. The van der Waals surface area contributed by atoms with Crippen molar-refractivity contribution < 1.29 is 23.8 Å². The van der Waals surface area contributed by atoms with E-state index in [-0.39, 0.29) is 30.0 Å². The third-order valence-electron chi connectivity index (χ3n) is 5.87. The molecule has 3 aromatic rings. The summed E-state index contributed by atoms with van der Waals surface area (Å²) in [6, 6.07) is 19.0. The maximum Gasteiger partial charge on any atom is 0.244 e. The highest BCUT2D eigenvalue weighted by Crippen LogP contribution is 2.49. The van der Waals surface area contributed by atoms with Gasteiger partial charge in [0.2, 0.25) is 17.6 Å². The Morgan fingerprint density at radius 1 is 1.00 bits per heavy atom. The average Bonchev–Trinajstić information content (AvgIpc) is 3.00. The first kappa shape index (κ1) is 24.5. The molecule has 0 bridgehead atoms. The summed E-state index contributed by atoms with van der Waals surface area (Å²) in [4.78, 5) is 28.9. The Morgan fingerprint density at radius 3 is 2.31 bits per heavy atom. The molecule has 0 radical (unpaired) electrons. The Balaban J connectivity index is 1.64. The molecule has 1 N–H and O–H groups in total. The molecule has 1 unspecified atom stereocenters. The van der Waals surface area contributed by atoms with E-state index in [1.54, 1.807) is 38.0 Å². The maximum atomic E-state index is 13.5. The first-order chi connectivity index (χ1) is 16.9. The molecule has 1 atom stereocenters. The molecule has 0 saturated carbocycles. The van der Waals surface area contributed by atoms with Crippen molar-refractivity contribution in [1.29, 1.82) is 0 Å². The van der Waals surface area contributed by atoms with Crippen molar-refractivity contribution in [1.82, 2.24) is 0 Å². The van der Waals surface area contributed by atoms with Gasteiger partial charge < -0.3 is 24.4 Å². The van der Waals surface area contributed by atoms with Crippen LogP contribution in [0.2, 0.25) is 0 Å². The number of ether oxygens (including phenoxy) is 3. The number of hydrogen-bond acceptors (Lipinski definition) is 6. The number of thioether (sulfide) groups is 1. The molecule has 35 heavy (non-hydrogen) atoms. The standard InChI is InChI=1S/C27H28N2O5S/c1-17-9-5-6-10-19(17)28-25(30)16-29-20-11-7-8-12-23(20)35-24(15-26(29)31)18-13-21(32-2)27(34-4)22(14-18)33-3/h5-14,24H,15-16H2,1-4H3,(H,28,30). The van der Waals surface area contributed by atoms with Crippen molar-refractivity contribution in [3.63, 3.8) is 0 Å². The van der Waals surface area contributed by atoms with E-state index in [0.717, 1.165) is 27.4 Å². The molecule has 7 nitrogen and oxygen atoms in total. The van der Waals surface area contributed by atoms with E-state index in [1.165, 1.54) is 0 Å². The predicted octanol–water partition coefficient (Wildman–Crippen LogP) is 5.23. The lowest BCUT2D eigenvalue weighted by Crippen LogP contribution is -2.38. The van der Waals surface area contributed by atoms with Crippen molar-refractivity contribution >= 4 is 35.0 Å². The molecule has 0 aromatic heterocycles. The van der Waals surface area contributed by atoms with E-state index in [0.29, 0.717) is 17.2 Å². The highest BCUT2D eigenvalue weighted by molar-refractivity contribution is 7.99. The summed E-state index contributed by atoms with van der Waals surface area (Å²) in [5.74, 6) is 1.17. The summed E-state index contributed by atoms with van der Waals surface area (Å²) in [5, 5.41) is 2.72. The Hall–Kier alpha value is -3.65. The number of carbonyl (C=O) groups is 2.